The van der Waals surface area contributed by atoms with Gasteiger partial charge in [0.15, 0.2) is 5.72 Å². The van der Waals surface area contributed by atoms with E-state index in [-0.39, 0.29) is 41.4 Å². The van der Waals surface area contributed by atoms with Crippen molar-refractivity contribution in [1.82, 2.24) is 14.4 Å². The Balaban J connectivity index is 1.64. The van der Waals surface area contributed by atoms with E-state index >= 15 is 0 Å². The predicted molar refractivity (Wildman–Crippen MR) is 113 cm³/mol. The topological polar surface area (TPSA) is 71.9 Å². The first-order chi connectivity index (χ1) is 14.2. The summed E-state index contributed by atoms with van der Waals surface area (Å²) in [5.74, 6) is 0.540. The Labute approximate surface area is 178 Å². The molecule has 3 aliphatic heterocycles. The summed E-state index contributed by atoms with van der Waals surface area (Å²) in [7, 11) is 0. The van der Waals surface area contributed by atoms with Gasteiger partial charge in [-0.25, -0.2) is 0 Å². The lowest BCUT2D eigenvalue weighted by Crippen LogP contribution is -2.51. The zero-order valence-electron chi connectivity index (χ0n) is 18.7. The van der Waals surface area contributed by atoms with Crippen LogP contribution >= 0.6 is 0 Å². The summed E-state index contributed by atoms with van der Waals surface area (Å²) in [6, 6.07) is 1.56. The second kappa shape index (κ2) is 7.52. The van der Waals surface area contributed by atoms with Gasteiger partial charge < -0.3 is 19.1 Å². The molecule has 1 aromatic heterocycles. The molecule has 3 fully saturated rings. The number of carbonyl (C=O) groups is 2. The number of likely N-dealkylation sites (tertiary alicyclic amines) is 1. The Bertz CT molecular complexity index is 922. The van der Waals surface area contributed by atoms with E-state index in [1.165, 1.54) is 0 Å². The van der Waals surface area contributed by atoms with Crippen molar-refractivity contribution in [3.05, 3.63) is 33.7 Å². The van der Waals surface area contributed by atoms with Gasteiger partial charge in [0.05, 0.1) is 25.1 Å². The van der Waals surface area contributed by atoms with Crippen molar-refractivity contribution in [3.63, 3.8) is 0 Å². The fourth-order valence-electron chi connectivity index (χ4n) is 5.26. The third-order valence-corrected chi connectivity index (χ3v) is 7.05. The molecule has 0 aromatic carbocycles. The molecular weight excluding hydrogens is 382 g/mol. The lowest BCUT2D eigenvalue weighted by molar-refractivity contribution is -0.139. The smallest absolute Gasteiger partial charge is 0.263 e. The largest absolute Gasteiger partial charge is 0.351 e. The highest BCUT2D eigenvalue weighted by Gasteiger charge is 2.65. The normalized spacial score (nSPS) is 28.0. The number of aryl methyl sites for hydroxylation is 2. The van der Waals surface area contributed by atoms with Crippen LogP contribution in [0.1, 0.15) is 62.9 Å². The molecule has 0 N–H and O–H groups in total. The Hall–Kier alpha value is -2.15. The molecule has 1 aromatic rings. The van der Waals surface area contributed by atoms with Gasteiger partial charge in [0, 0.05) is 25.7 Å². The van der Waals surface area contributed by atoms with Gasteiger partial charge in [0.2, 0.25) is 5.91 Å². The second-order valence-corrected chi connectivity index (χ2v) is 9.75. The number of carbonyl (C=O) groups excluding carboxylic acids is 2. The molecule has 7 nitrogen and oxygen atoms in total. The van der Waals surface area contributed by atoms with Crippen LogP contribution in [0.2, 0.25) is 0 Å². The van der Waals surface area contributed by atoms with E-state index in [1.807, 2.05) is 11.0 Å². The van der Waals surface area contributed by atoms with Crippen molar-refractivity contribution in [2.45, 2.75) is 78.2 Å². The molecule has 30 heavy (non-hydrogen) atoms. The minimum absolute atomic E-state index is 0.0456. The van der Waals surface area contributed by atoms with E-state index in [2.05, 4.69) is 27.7 Å². The number of pyridine rings is 1. The van der Waals surface area contributed by atoms with Crippen LogP contribution in [0.15, 0.2) is 17.1 Å². The van der Waals surface area contributed by atoms with Crippen LogP contribution in [0.5, 0.6) is 0 Å². The average molecular weight is 416 g/mol. The third kappa shape index (κ3) is 3.09. The summed E-state index contributed by atoms with van der Waals surface area (Å²) < 4.78 is 7.86. The van der Waals surface area contributed by atoms with Gasteiger partial charge in [-0.2, -0.15) is 0 Å². The summed E-state index contributed by atoms with van der Waals surface area (Å²) in [5, 5.41) is 0. The minimum Gasteiger partial charge on any atom is -0.351 e. The molecule has 0 unspecified atom stereocenters. The fraction of sp³-hybridized carbons (Fsp3) is 0.696. The van der Waals surface area contributed by atoms with E-state index in [4.69, 9.17) is 4.74 Å². The van der Waals surface area contributed by atoms with E-state index < -0.39 is 5.72 Å². The van der Waals surface area contributed by atoms with Crippen LogP contribution in [0, 0.1) is 18.8 Å². The van der Waals surface area contributed by atoms with Gasteiger partial charge in [-0.05, 0) is 36.8 Å². The molecule has 0 aliphatic carbocycles. The molecule has 0 bridgehead atoms. The van der Waals surface area contributed by atoms with Gasteiger partial charge >= 0.3 is 0 Å². The number of amides is 2. The van der Waals surface area contributed by atoms with Crippen molar-refractivity contribution >= 4 is 11.8 Å². The monoisotopic (exact) mass is 415 g/mol. The van der Waals surface area contributed by atoms with E-state index in [1.54, 1.807) is 22.6 Å². The molecule has 0 radical (unpaired) electrons. The minimum atomic E-state index is -0.721. The molecule has 3 atom stereocenters. The van der Waals surface area contributed by atoms with Crippen molar-refractivity contribution < 1.29 is 14.3 Å². The van der Waals surface area contributed by atoms with Crippen molar-refractivity contribution in [1.29, 1.82) is 0 Å². The van der Waals surface area contributed by atoms with E-state index in [0.717, 1.165) is 6.42 Å². The van der Waals surface area contributed by atoms with Gasteiger partial charge in [-0.15, -0.1) is 0 Å². The second-order valence-electron chi connectivity index (χ2n) is 9.75. The summed E-state index contributed by atoms with van der Waals surface area (Å²) in [6.45, 7) is 11.8. The first-order valence-corrected chi connectivity index (χ1v) is 11.1. The molecule has 3 saturated heterocycles. The van der Waals surface area contributed by atoms with Gasteiger partial charge in [0.1, 0.15) is 5.56 Å². The molecule has 164 valence electrons. The maximum Gasteiger partial charge on any atom is 0.263 e. The molecular formula is C23H33N3O4. The number of hydrogen-bond donors (Lipinski definition) is 0. The zero-order chi connectivity index (χ0) is 21.8. The number of ether oxygens (including phenoxy) is 1. The molecule has 3 aliphatic rings. The van der Waals surface area contributed by atoms with Crippen molar-refractivity contribution in [2.75, 3.05) is 13.2 Å². The summed E-state index contributed by atoms with van der Waals surface area (Å²) in [4.78, 5) is 43.2. The average Bonchev–Trinajstić information content (AvgIpc) is 3.30. The SMILES string of the molecule is Cc1ccn(CCC(C)C)c(=O)c1C(=O)N1CC[C@@]23OC[C@@H](C(C)C)N2C(=O)C[C@@H]13. The molecule has 4 heterocycles. The third-order valence-electron chi connectivity index (χ3n) is 7.05. The van der Waals surface area contributed by atoms with Crippen molar-refractivity contribution in [3.8, 4) is 0 Å². The van der Waals surface area contributed by atoms with Gasteiger partial charge in [-0.1, -0.05) is 27.7 Å². The zero-order valence-corrected chi connectivity index (χ0v) is 18.7. The first kappa shape index (κ1) is 21.1. The number of aromatic nitrogens is 1. The van der Waals surface area contributed by atoms with Crippen LogP contribution in [0.4, 0.5) is 0 Å². The highest BCUT2D eigenvalue weighted by atomic mass is 16.5. The maximum atomic E-state index is 13.6. The Kier molecular flexibility index (Phi) is 5.29. The highest BCUT2D eigenvalue weighted by molar-refractivity contribution is 5.96. The van der Waals surface area contributed by atoms with Crippen LogP contribution in [0.25, 0.3) is 0 Å². The highest BCUT2D eigenvalue weighted by Crippen LogP contribution is 2.49. The molecule has 1 spiro atoms. The number of nitrogens with zero attached hydrogens (tertiary/aromatic N) is 3. The lowest BCUT2D eigenvalue weighted by Gasteiger charge is -2.34. The number of rotatable bonds is 5. The van der Waals surface area contributed by atoms with Crippen LogP contribution in [0.3, 0.4) is 0 Å². The standard InChI is InChI=1S/C23H33N3O4/c1-14(2)6-9-24-10-7-16(5)20(21(24)28)22(29)25-11-8-23-18(25)12-19(27)26(23)17(13-30-23)15(3)4/h7,10,14-15,17-18H,6,8-9,11-13H2,1-5H3/t17-,18+,23-/m0/s1. The predicted octanol–water partition coefficient (Wildman–Crippen LogP) is 2.40. The Morgan fingerprint density at radius 2 is 2.00 bits per heavy atom. The Morgan fingerprint density at radius 3 is 2.67 bits per heavy atom. The van der Waals surface area contributed by atoms with Crippen LogP contribution < -0.4 is 5.56 Å². The molecule has 2 amide bonds. The summed E-state index contributed by atoms with van der Waals surface area (Å²) >= 11 is 0. The van der Waals surface area contributed by atoms with Crippen molar-refractivity contribution in [2.24, 2.45) is 11.8 Å². The number of hydrogen-bond acceptors (Lipinski definition) is 4. The molecule has 0 saturated carbocycles. The van der Waals surface area contributed by atoms with E-state index in [9.17, 15) is 14.4 Å². The molecule has 7 heteroatoms. The van der Waals surface area contributed by atoms with Crippen LogP contribution in [-0.4, -0.2) is 57.1 Å². The quantitative estimate of drug-likeness (QED) is 0.740. The van der Waals surface area contributed by atoms with E-state index in [0.29, 0.717) is 43.5 Å². The fourth-order valence-corrected chi connectivity index (χ4v) is 5.26. The van der Waals surface area contributed by atoms with Crippen LogP contribution in [-0.2, 0) is 16.1 Å². The van der Waals surface area contributed by atoms with Gasteiger partial charge in [0.25, 0.3) is 11.5 Å². The Morgan fingerprint density at radius 1 is 1.27 bits per heavy atom. The molecule has 4 rings (SSSR count). The summed E-state index contributed by atoms with van der Waals surface area (Å²) in [6.07, 6.45) is 3.52. The van der Waals surface area contributed by atoms with Gasteiger partial charge in [-0.3, -0.25) is 14.4 Å². The maximum absolute atomic E-state index is 13.6. The first-order valence-electron chi connectivity index (χ1n) is 11.1. The lowest BCUT2D eigenvalue weighted by atomic mass is 10.0. The summed E-state index contributed by atoms with van der Waals surface area (Å²) in [5.41, 5.74) is -0.0563.